The van der Waals surface area contributed by atoms with Crippen molar-refractivity contribution in [1.82, 2.24) is 0 Å². The molecule has 19 heavy (non-hydrogen) atoms. The van der Waals surface area contributed by atoms with E-state index in [-0.39, 0.29) is 5.41 Å². The lowest BCUT2D eigenvalue weighted by molar-refractivity contribution is 0.0998. The van der Waals surface area contributed by atoms with Crippen LogP contribution in [-0.4, -0.2) is 6.61 Å². The maximum atomic E-state index is 9.49. The van der Waals surface area contributed by atoms with Crippen LogP contribution in [0.1, 0.15) is 46.1 Å². The van der Waals surface area contributed by atoms with Gasteiger partial charge in [-0.2, -0.15) is 5.26 Å². The van der Waals surface area contributed by atoms with Gasteiger partial charge in [0, 0.05) is 0 Å². The Morgan fingerprint density at radius 3 is 2.21 bits per heavy atom. The van der Waals surface area contributed by atoms with Crippen LogP contribution in [-0.2, 0) is 5.41 Å². The first kappa shape index (κ1) is 13.9. The molecular formula is C17H23NO. The van der Waals surface area contributed by atoms with Gasteiger partial charge in [0.2, 0.25) is 0 Å². The molecule has 0 unspecified atom stereocenters. The van der Waals surface area contributed by atoms with Gasteiger partial charge < -0.3 is 4.74 Å². The van der Waals surface area contributed by atoms with Crippen molar-refractivity contribution in [2.45, 2.75) is 46.0 Å². The van der Waals surface area contributed by atoms with E-state index < -0.39 is 0 Å². The molecule has 0 aliphatic heterocycles. The Bertz CT molecular complexity index is 471. The third-order valence-corrected chi connectivity index (χ3v) is 3.76. The van der Waals surface area contributed by atoms with E-state index in [2.05, 4.69) is 33.8 Å². The average Bonchev–Trinajstić information content (AvgIpc) is 2.33. The highest BCUT2D eigenvalue weighted by Crippen LogP contribution is 2.55. The molecule has 1 saturated carbocycles. The molecule has 0 saturated heterocycles. The van der Waals surface area contributed by atoms with Crippen molar-refractivity contribution in [3.63, 3.8) is 0 Å². The van der Waals surface area contributed by atoms with E-state index in [0.717, 1.165) is 30.8 Å². The fourth-order valence-corrected chi connectivity index (χ4v) is 3.06. The van der Waals surface area contributed by atoms with Gasteiger partial charge in [0.15, 0.2) is 0 Å². The highest BCUT2D eigenvalue weighted by atomic mass is 16.5. The van der Waals surface area contributed by atoms with Crippen molar-refractivity contribution < 1.29 is 4.74 Å². The van der Waals surface area contributed by atoms with Crippen LogP contribution in [0.2, 0.25) is 0 Å². The molecule has 0 aromatic heterocycles. The molecule has 0 bridgehead atoms. The second kappa shape index (κ2) is 4.89. The molecule has 0 amide bonds. The van der Waals surface area contributed by atoms with E-state index >= 15 is 0 Å². The average molecular weight is 257 g/mol. The summed E-state index contributed by atoms with van der Waals surface area (Å²) in [6.45, 7) is 9.45. The van der Waals surface area contributed by atoms with Gasteiger partial charge in [0.25, 0.3) is 0 Å². The van der Waals surface area contributed by atoms with E-state index in [1.165, 1.54) is 0 Å². The van der Waals surface area contributed by atoms with Crippen molar-refractivity contribution in [2.24, 2.45) is 11.3 Å². The highest BCUT2D eigenvalue weighted by molar-refractivity contribution is 5.40. The molecule has 1 aromatic carbocycles. The second-order valence-electron chi connectivity index (χ2n) is 6.94. The van der Waals surface area contributed by atoms with Crippen molar-refractivity contribution >= 4 is 0 Å². The Morgan fingerprint density at radius 2 is 1.79 bits per heavy atom. The summed E-state index contributed by atoms with van der Waals surface area (Å²) in [4.78, 5) is 0. The predicted molar refractivity (Wildman–Crippen MR) is 77.1 cm³/mol. The summed E-state index contributed by atoms with van der Waals surface area (Å²) in [5, 5.41) is 9.49. The SMILES string of the molecule is CC(C)COc1ccc(C2(C#N)CC(C)(C)C2)cc1. The van der Waals surface area contributed by atoms with Gasteiger partial charge in [-0.3, -0.25) is 0 Å². The molecule has 1 aromatic rings. The van der Waals surface area contributed by atoms with Crippen molar-refractivity contribution in [3.8, 4) is 11.8 Å². The molecule has 2 rings (SSSR count). The number of nitriles is 1. The zero-order chi connectivity index (χ0) is 14.1. The van der Waals surface area contributed by atoms with Crippen molar-refractivity contribution in [1.29, 1.82) is 5.26 Å². The molecule has 2 heteroatoms. The maximum Gasteiger partial charge on any atom is 0.119 e. The van der Waals surface area contributed by atoms with Crippen molar-refractivity contribution in [2.75, 3.05) is 6.61 Å². The maximum absolute atomic E-state index is 9.49. The van der Waals surface area contributed by atoms with Crippen LogP contribution in [0.15, 0.2) is 24.3 Å². The molecule has 0 spiro atoms. The number of rotatable bonds is 4. The van der Waals surface area contributed by atoms with Gasteiger partial charge in [-0.15, -0.1) is 0 Å². The topological polar surface area (TPSA) is 33.0 Å². The third kappa shape index (κ3) is 2.92. The zero-order valence-corrected chi connectivity index (χ0v) is 12.4. The van der Waals surface area contributed by atoms with E-state index in [0.29, 0.717) is 11.3 Å². The summed E-state index contributed by atoms with van der Waals surface area (Å²) in [6.07, 6.45) is 1.89. The van der Waals surface area contributed by atoms with Gasteiger partial charge in [-0.05, 0) is 41.9 Å². The monoisotopic (exact) mass is 257 g/mol. The number of hydrogen-bond acceptors (Lipinski definition) is 2. The summed E-state index contributed by atoms with van der Waals surface area (Å²) >= 11 is 0. The van der Waals surface area contributed by atoms with Crippen LogP contribution in [0.3, 0.4) is 0 Å². The van der Waals surface area contributed by atoms with Gasteiger partial charge in [0.05, 0.1) is 18.1 Å². The fraction of sp³-hybridized carbons (Fsp3) is 0.588. The molecule has 0 N–H and O–H groups in total. The highest BCUT2D eigenvalue weighted by Gasteiger charge is 2.50. The van der Waals surface area contributed by atoms with Crippen LogP contribution in [0.25, 0.3) is 0 Å². The fourth-order valence-electron chi connectivity index (χ4n) is 3.06. The Kier molecular flexibility index (Phi) is 3.58. The molecular weight excluding hydrogens is 234 g/mol. The Labute approximate surface area is 116 Å². The van der Waals surface area contributed by atoms with E-state index in [4.69, 9.17) is 4.74 Å². The van der Waals surface area contributed by atoms with Crippen molar-refractivity contribution in [3.05, 3.63) is 29.8 Å². The summed E-state index contributed by atoms with van der Waals surface area (Å²) in [5.74, 6) is 1.42. The first-order valence-corrected chi connectivity index (χ1v) is 7.01. The first-order valence-electron chi connectivity index (χ1n) is 7.01. The molecule has 0 radical (unpaired) electrons. The summed E-state index contributed by atoms with van der Waals surface area (Å²) < 4.78 is 5.68. The van der Waals surface area contributed by atoms with E-state index in [1.54, 1.807) is 0 Å². The van der Waals surface area contributed by atoms with Crippen LogP contribution < -0.4 is 4.74 Å². The summed E-state index contributed by atoms with van der Waals surface area (Å²) in [5.41, 5.74) is 1.15. The Balaban J connectivity index is 2.08. The quantitative estimate of drug-likeness (QED) is 0.805. The number of hydrogen-bond donors (Lipinski definition) is 0. The van der Waals surface area contributed by atoms with Crippen LogP contribution in [0.5, 0.6) is 5.75 Å². The van der Waals surface area contributed by atoms with E-state index in [9.17, 15) is 5.26 Å². The smallest absolute Gasteiger partial charge is 0.119 e. The minimum atomic E-state index is -0.278. The van der Waals surface area contributed by atoms with Gasteiger partial charge >= 0.3 is 0 Å². The molecule has 1 aliphatic carbocycles. The van der Waals surface area contributed by atoms with Crippen LogP contribution >= 0.6 is 0 Å². The number of ether oxygens (including phenoxy) is 1. The molecule has 2 nitrogen and oxygen atoms in total. The molecule has 102 valence electrons. The largest absolute Gasteiger partial charge is 0.493 e. The zero-order valence-electron chi connectivity index (χ0n) is 12.4. The number of nitrogens with zero attached hydrogens (tertiary/aromatic N) is 1. The van der Waals surface area contributed by atoms with E-state index in [1.807, 2.05) is 24.3 Å². The summed E-state index contributed by atoms with van der Waals surface area (Å²) in [7, 11) is 0. The lowest BCUT2D eigenvalue weighted by atomic mass is 9.52. The molecule has 0 heterocycles. The molecule has 0 atom stereocenters. The van der Waals surface area contributed by atoms with Gasteiger partial charge in [-0.1, -0.05) is 39.8 Å². The Hall–Kier alpha value is -1.49. The minimum absolute atomic E-state index is 0.278. The minimum Gasteiger partial charge on any atom is -0.493 e. The predicted octanol–water partition coefficient (Wildman–Crippen LogP) is 4.30. The second-order valence-corrected chi connectivity index (χ2v) is 6.94. The normalized spacial score (nSPS) is 19.6. The van der Waals surface area contributed by atoms with Crippen LogP contribution in [0.4, 0.5) is 0 Å². The Morgan fingerprint density at radius 1 is 1.21 bits per heavy atom. The van der Waals surface area contributed by atoms with Crippen LogP contribution in [0, 0.1) is 22.7 Å². The van der Waals surface area contributed by atoms with Gasteiger partial charge in [-0.25, -0.2) is 0 Å². The standard InChI is InChI=1S/C17H23NO/c1-13(2)9-19-15-7-5-14(6-8-15)17(12-18)10-16(3,4)11-17/h5-8,13H,9-11H2,1-4H3. The first-order chi connectivity index (χ1) is 8.87. The lowest BCUT2D eigenvalue weighted by Gasteiger charge is -2.49. The lowest BCUT2D eigenvalue weighted by Crippen LogP contribution is -2.45. The molecule has 1 fully saturated rings. The molecule has 1 aliphatic rings. The third-order valence-electron chi connectivity index (χ3n) is 3.76. The number of benzene rings is 1. The summed E-state index contributed by atoms with van der Waals surface area (Å²) in [6, 6.07) is 10.6. The van der Waals surface area contributed by atoms with Gasteiger partial charge in [0.1, 0.15) is 5.75 Å².